The third-order valence-corrected chi connectivity index (χ3v) is 11.8. The Hall–Kier alpha value is -4.32. The van der Waals surface area contributed by atoms with Crippen LogP contribution in [-0.2, 0) is 50.5 Å². The van der Waals surface area contributed by atoms with Gasteiger partial charge in [-0.05, 0) is 6.07 Å². The Morgan fingerprint density at radius 1 is 0.787 bits per heavy atom. The summed E-state index contributed by atoms with van der Waals surface area (Å²) in [7, 11) is -15.6. The Morgan fingerprint density at radius 2 is 1.36 bits per heavy atom. The lowest BCUT2D eigenvalue weighted by molar-refractivity contribution is -0.0607. The zero-order valence-electron chi connectivity index (χ0n) is 31.8. The van der Waals surface area contributed by atoms with Gasteiger partial charge in [-0.3, -0.25) is 55.9 Å². The van der Waals surface area contributed by atoms with Crippen molar-refractivity contribution in [3.05, 3.63) is 72.5 Å². The van der Waals surface area contributed by atoms with Gasteiger partial charge in [0, 0.05) is 37.7 Å². The normalized spacial score (nSPS) is 29.1. The largest absolute Gasteiger partial charge is 0.472 e. The monoisotopic (exact) mass is 927 g/mol. The molecule has 0 spiro atoms. The molecule has 0 bridgehead atoms. The summed E-state index contributed by atoms with van der Waals surface area (Å²) >= 11 is 0. The van der Waals surface area contributed by atoms with E-state index in [4.69, 9.17) is 45.1 Å². The summed E-state index contributed by atoms with van der Waals surface area (Å²) in [6.07, 6.45) is -10.3. The SMILES string of the molecule is [2H]c1cn([C@H]2C[C@H](OP(=O)(O)OC[C@H]3O[C@@H](n4cnc5c(=O)[nH]c(N)nc54)C[C@@H]3OP(=O)(O)OC[C@H]3O[C@@H](n4ccc(N)nc4=O)C[C@@H]3O)[C@@H](COP(=O)(O)O)O2)c(=O)[nH]c1=O. The van der Waals surface area contributed by atoms with Gasteiger partial charge < -0.3 is 50.4 Å². The van der Waals surface area contributed by atoms with Gasteiger partial charge in [0.25, 0.3) is 11.1 Å². The molecule has 3 saturated heterocycles. The van der Waals surface area contributed by atoms with Crippen molar-refractivity contribution in [2.45, 2.75) is 74.6 Å². The van der Waals surface area contributed by atoms with Crippen molar-refractivity contribution in [3.63, 3.8) is 0 Å². The predicted molar refractivity (Wildman–Crippen MR) is 198 cm³/mol. The van der Waals surface area contributed by atoms with Crippen LogP contribution in [-0.4, -0.2) is 120 Å². The van der Waals surface area contributed by atoms with E-state index in [-0.39, 0.29) is 35.8 Å². The number of imidazole rings is 1. The van der Waals surface area contributed by atoms with E-state index in [0.29, 0.717) is 0 Å². The summed E-state index contributed by atoms with van der Waals surface area (Å²) < 4.78 is 91.8. The third-order valence-electron chi connectivity index (χ3n) is 9.34. The first kappa shape index (κ1) is 43.3. The second-order valence-corrected chi connectivity index (χ2v) is 17.6. The van der Waals surface area contributed by atoms with Crippen molar-refractivity contribution in [2.75, 3.05) is 31.3 Å². The first-order valence-electron chi connectivity index (χ1n) is 18.1. The standard InChI is InChI=1S/C28H37N10O20P3/c29-18-1-3-36(27(42)32-18)20-5-12(39)15(54-20)8-52-60(47,48)58-14-7-22(38-11-31-23-24(38)34-26(30)35-25(23)41)56-17(14)10-53-61(49,50)57-13-6-21(37-4-2-19(40)33-28(37)43)55-16(13)9-51-59(44,45)46/h1-4,11-17,20-22,39H,5-10H2,(H,47,48)(H,49,50)(H2,29,32,42)(H,33,40,43)(H2,44,45,46)(H3,30,34,35,41)/t12-,13-,14-,15+,16+,17+,20+,21+,22+/m0/s1/i2D. The lowest BCUT2D eigenvalue weighted by atomic mass is 10.2. The number of hydrogen-bond donors (Lipinski definition) is 9. The fourth-order valence-corrected chi connectivity index (χ4v) is 8.87. The lowest BCUT2D eigenvalue weighted by Gasteiger charge is -2.24. The highest BCUT2D eigenvalue weighted by Gasteiger charge is 2.47. The molecule has 61 heavy (non-hydrogen) atoms. The Balaban J connectivity index is 1.07. The summed E-state index contributed by atoms with van der Waals surface area (Å²) in [5.41, 5.74) is 7.38. The van der Waals surface area contributed by atoms with Crippen LogP contribution in [0.4, 0.5) is 11.8 Å². The van der Waals surface area contributed by atoms with Gasteiger partial charge in [0.1, 0.15) is 55.0 Å². The molecule has 7 rings (SSSR count). The third kappa shape index (κ3) is 10.7. The maximum Gasteiger partial charge on any atom is 0.472 e. The predicted octanol–water partition coefficient (Wildman–Crippen LogP) is -2.57. The fourth-order valence-electron chi connectivity index (χ4n) is 6.61. The van der Waals surface area contributed by atoms with Crippen LogP contribution >= 0.6 is 23.5 Å². The highest BCUT2D eigenvalue weighted by molar-refractivity contribution is 7.47. The minimum atomic E-state index is -5.31. The average Bonchev–Trinajstić information content (AvgIpc) is 3.95. The molecule has 11 N–H and O–H groups in total. The zero-order valence-corrected chi connectivity index (χ0v) is 33.5. The van der Waals surface area contributed by atoms with Crippen molar-refractivity contribution < 1.29 is 76.6 Å². The first-order valence-corrected chi connectivity index (χ1v) is 22.1. The number of phosphoric ester groups is 3. The number of aromatic nitrogens is 8. The number of fused-ring (bicyclic) bond motifs is 1. The Kier molecular flexibility index (Phi) is 12.4. The molecule has 3 aliphatic rings. The van der Waals surface area contributed by atoms with Crippen molar-refractivity contribution in [1.82, 2.24) is 38.6 Å². The number of nitrogens with two attached hydrogens (primary N) is 2. The lowest BCUT2D eigenvalue weighted by Crippen LogP contribution is -2.32. The number of phosphoric acid groups is 3. The topological polar surface area (TPSA) is 432 Å². The summed E-state index contributed by atoms with van der Waals surface area (Å²) in [6.45, 7) is -2.64. The van der Waals surface area contributed by atoms with Crippen LogP contribution in [0.3, 0.4) is 0 Å². The van der Waals surface area contributed by atoms with Crippen LogP contribution < -0.4 is 34.0 Å². The maximum atomic E-state index is 13.4. The fraction of sp³-hybridized carbons (Fsp3) is 0.536. The van der Waals surface area contributed by atoms with E-state index in [1.807, 2.05) is 4.98 Å². The minimum absolute atomic E-state index is 0.0569. The molecule has 3 fully saturated rings. The molecule has 4 aromatic heterocycles. The van der Waals surface area contributed by atoms with E-state index in [0.717, 1.165) is 21.7 Å². The van der Waals surface area contributed by atoms with Crippen molar-refractivity contribution in [1.29, 1.82) is 0 Å². The molecule has 2 unspecified atom stereocenters. The van der Waals surface area contributed by atoms with Crippen molar-refractivity contribution >= 4 is 46.4 Å². The molecule has 0 saturated carbocycles. The van der Waals surface area contributed by atoms with E-state index in [1.54, 1.807) is 0 Å². The summed E-state index contributed by atoms with van der Waals surface area (Å²) in [5.74, 6) is -0.357. The number of nitrogens with zero attached hydrogens (tertiary/aromatic N) is 6. The van der Waals surface area contributed by atoms with Gasteiger partial charge in [-0.2, -0.15) is 9.97 Å². The van der Waals surface area contributed by atoms with Crippen LogP contribution in [0.5, 0.6) is 0 Å². The van der Waals surface area contributed by atoms with Crippen LogP contribution in [0.2, 0.25) is 0 Å². The smallest absolute Gasteiger partial charge is 0.390 e. The van der Waals surface area contributed by atoms with Crippen molar-refractivity contribution in [2.24, 2.45) is 0 Å². The molecule has 11 atom stereocenters. The molecule has 30 nitrogen and oxygen atoms in total. The van der Waals surface area contributed by atoms with E-state index in [1.165, 1.54) is 16.8 Å². The molecule has 4 aromatic rings. The molecule has 0 aliphatic carbocycles. The number of ether oxygens (including phenoxy) is 3. The zero-order chi connectivity index (χ0) is 44.9. The number of nitrogens with one attached hydrogen (secondary N) is 2. The molecule has 33 heteroatoms. The number of aromatic amines is 2. The Labute approximate surface area is 339 Å². The number of hydrogen-bond acceptors (Lipinski definition) is 21. The van der Waals surface area contributed by atoms with Gasteiger partial charge in [-0.15, -0.1) is 0 Å². The average molecular weight is 928 g/mol. The second kappa shape index (κ2) is 17.4. The van der Waals surface area contributed by atoms with E-state index >= 15 is 0 Å². The number of aliphatic hydroxyl groups is 1. The summed E-state index contributed by atoms with van der Waals surface area (Å²) in [5, 5.41) is 10.6. The van der Waals surface area contributed by atoms with Gasteiger partial charge in [0.15, 0.2) is 11.2 Å². The summed E-state index contributed by atoms with van der Waals surface area (Å²) in [6, 6.07) is 0.653. The van der Waals surface area contributed by atoms with Crippen LogP contribution in [0.15, 0.2) is 50.0 Å². The van der Waals surface area contributed by atoms with Gasteiger partial charge in [0.2, 0.25) is 5.95 Å². The molecule has 0 aromatic carbocycles. The molecule has 3 aliphatic heterocycles. The summed E-state index contributed by atoms with van der Waals surface area (Å²) in [4.78, 5) is 105. The van der Waals surface area contributed by atoms with Gasteiger partial charge >= 0.3 is 34.8 Å². The highest BCUT2D eigenvalue weighted by Crippen LogP contribution is 2.52. The number of nitrogen functional groups attached to an aromatic ring is 2. The minimum Gasteiger partial charge on any atom is -0.390 e. The van der Waals surface area contributed by atoms with E-state index < -0.39 is 134 Å². The number of anilines is 2. The Bertz CT molecular complexity index is 2710. The number of aliphatic hydroxyl groups excluding tert-OH is 1. The van der Waals surface area contributed by atoms with Gasteiger partial charge in [0.05, 0.1) is 33.6 Å². The molecule has 7 heterocycles. The molecule has 0 radical (unpaired) electrons. The molecule has 334 valence electrons. The number of rotatable bonds is 16. The number of H-pyrrole nitrogens is 2. The quantitative estimate of drug-likeness (QED) is 0.0521. The van der Waals surface area contributed by atoms with E-state index in [9.17, 15) is 57.6 Å². The second-order valence-electron chi connectivity index (χ2n) is 13.5. The molecular formula is C28H37N10O20P3. The van der Waals surface area contributed by atoms with Crippen LogP contribution in [0.1, 0.15) is 39.3 Å². The van der Waals surface area contributed by atoms with Gasteiger partial charge in [-0.25, -0.2) is 28.3 Å². The first-order chi connectivity index (χ1) is 29.0. The van der Waals surface area contributed by atoms with Gasteiger partial charge in [-0.1, -0.05) is 0 Å². The Morgan fingerprint density at radius 3 is 1.98 bits per heavy atom. The molecule has 0 amide bonds. The highest BCUT2D eigenvalue weighted by atomic mass is 31.2. The maximum absolute atomic E-state index is 13.4. The van der Waals surface area contributed by atoms with Crippen molar-refractivity contribution in [3.8, 4) is 0 Å². The van der Waals surface area contributed by atoms with Crippen LogP contribution in [0.25, 0.3) is 11.2 Å². The van der Waals surface area contributed by atoms with Crippen LogP contribution in [0, 0.1) is 0 Å². The molecular weight excluding hydrogens is 889 g/mol. The van der Waals surface area contributed by atoms with E-state index in [2.05, 4.69) is 24.5 Å².